The zero-order valence-corrected chi connectivity index (χ0v) is 13.5. The van der Waals surface area contributed by atoms with E-state index in [-0.39, 0.29) is 17.5 Å². The first-order valence-electron chi connectivity index (χ1n) is 6.80. The maximum absolute atomic E-state index is 12.0. The van der Waals surface area contributed by atoms with Gasteiger partial charge in [0.05, 0.1) is 29.5 Å². The van der Waals surface area contributed by atoms with Crippen LogP contribution < -0.4 is 14.8 Å². The summed E-state index contributed by atoms with van der Waals surface area (Å²) in [5.41, 5.74) is 2.00. The maximum atomic E-state index is 12.0. The quantitative estimate of drug-likeness (QED) is 0.910. The van der Waals surface area contributed by atoms with Gasteiger partial charge >= 0.3 is 0 Å². The largest absolute Gasteiger partial charge is 0.495 e. The zero-order valence-electron chi connectivity index (χ0n) is 12.7. The summed E-state index contributed by atoms with van der Waals surface area (Å²) in [5.74, 6) is 0.576. The summed E-state index contributed by atoms with van der Waals surface area (Å²) in [6.45, 7) is 1.71. The first-order chi connectivity index (χ1) is 11.0. The lowest BCUT2D eigenvalue weighted by molar-refractivity contribution is -0.118. The van der Waals surface area contributed by atoms with Crippen molar-refractivity contribution in [2.24, 2.45) is 0 Å². The standard InChI is InChI=1S/C17H15ClN2O3/c1-11-3-5-16(22-2)14(7-11)20-17(21)10-23-15-6-4-12(9-19)8-13(15)18/h3-8H,10H2,1-2H3,(H,20,21). The molecule has 1 amide bonds. The molecule has 0 radical (unpaired) electrons. The normalized spacial score (nSPS) is 9.83. The summed E-state index contributed by atoms with van der Waals surface area (Å²) in [5, 5.41) is 11.8. The lowest BCUT2D eigenvalue weighted by Crippen LogP contribution is -2.20. The van der Waals surface area contributed by atoms with Crippen molar-refractivity contribution >= 4 is 23.2 Å². The molecule has 23 heavy (non-hydrogen) atoms. The predicted molar refractivity (Wildman–Crippen MR) is 88.0 cm³/mol. The van der Waals surface area contributed by atoms with Crippen LogP contribution in [0.2, 0.25) is 5.02 Å². The minimum absolute atomic E-state index is 0.206. The van der Waals surface area contributed by atoms with Gasteiger partial charge in [0, 0.05) is 0 Å². The van der Waals surface area contributed by atoms with E-state index in [1.54, 1.807) is 18.2 Å². The number of hydrogen-bond acceptors (Lipinski definition) is 4. The summed E-state index contributed by atoms with van der Waals surface area (Å²) in [6, 6.07) is 12.1. The Morgan fingerprint density at radius 3 is 2.65 bits per heavy atom. The molecule has 0 fully saturated rings. The molecule has 0 heterocycles. The highest BCUT2D eigenvalue weighted by Gasteiger charge is 2.10. The molecule has 0 atom stereocenters. The average Bonchev–Trinajstić information content (AvgIpc) is 2.54. The van der Waals surface area contributed by atoms with Crippen LogP contribution in [-0.2, 0) is 4.79 Å². The highest BCUT2D eigenvalue weighted by Crippen LogP contribution is 2.26. The molecule has 0 aliphatic carbocycles. The molecule has 2 aromatic carbocycles. The van der Waals surface area contributed by atoms with Crippen LogP contribution in [0.1, 0.15) is 11.1 Å². The van der Waals surface area contributed by atoms with Crippen molar-refractivity contribution in [3.8, 4) is 17.6 Å². The van der Waals surface area contributed by atoms with E-state index in [0.29, 0.717) is 22.7 Å². The van der Waals surface area contributed by atoms with E-state index in [1.807, 2.05) is 25.1 Å². The molecule has 6 heteroatoms. The zero-order chi connectivity index (χ0) is 16.8. The average molecular weight is 331 g/mol. The number of amides is 1. The maximum Gasteiger partial charge on any atom is 0.262 e. The topological polar surface area (TPSA) is 71.3 Å². The number of aryl methyl sites for hydroxylation is 1. The van der Waals surface area contributed by atoms with Gasteiger partial charge in [-0.05, 0) is 42.8 Å². The van der Waals surface area contributed by atoms with Crippen LogP contribution in [0.3, 0.4) is 0 Å². The van der Waals surface area contributed by atoms with E-state index < -0.39 is 0 Å². The van der Waals surface area contributed by atoms with E-state index in [4.69, 9.17) is 26.3 Å². The van der Waals surface area contributed by atoms with Crippen molar-refractivity contribution in [2.45, 2.75) is 6.92 Å². The van der Waals surface area contributed by atoms with Gasteiger partial charge in [0.15, 0.2) is 6.61 Å². The Kier molecular flexibility index (Phi) is 5.45. The van der Waals surface area contributed by atoms with Crippen LogP contribution in [0.4, 0.5) is 5.69 Å². The molecule has 1 N–H and O–H groups in total. The van der Waals surface area contributed by atoms with Crippen molar-refractivity contribution in [3.05, 3.63) is 52.5 Å². The molecule has 0 bridgehead atoms. The molecule has 0 saturated carbocycles. The van der Waals surface area contributed by atoms with Crippen LogP contribution in [0.15, 0.2) is 36.4 Å². The molecule has 0 spiro atoms. The fourth-order valence-corrected chi connectivity index (χ4v) is 2.17. The number of nitrogens with zero attached hydrogens (tertiary/aromatic N) is 1. The Morgan fingerprint density at radius 2 is 2.00 bits per heavy atom. The smallest absolute Gasteiger partial charge is 0.262 e. The number of methoxy groups -OCH3 is 1. The van der Waals surface area contributed by atoms with Crippen molar-refractivity contribution in [1.82, 2.24) is 0 Å². The first-order valence-corrected chi connectivity index (χ1v) is 7.18. The van der Waals surface area contributed by atoms with E-state index in [1.165, 1.54) is 13.2 Å². The van der Waals surface area contributed by atoms with Crippen LogP contribution >= 0.6 is 11.6 Å². The summed E-state index contributed by atoms with van der Waals surface area (Å²) in [7, 11) is 1.54. The molecule has 0 saturated heterocycles. The van der Waals surface area contributed by atoms with Gasteiger partial charge in [0.2, 0.25) is 0 Å². The number of anilines is 1. The Balaban J connectivity index is 2.01. The predicted octanol–water partition coefficient (Wildman–Crippen LogP) is 3.55. The van der Waals surface area contributed by atoms with Gasteiger partial charge < -0.3 is 14.8 Å². The number of ether oxygens (including phenoxy) is 2. The number of hydrogen-bond donors (Lipinski definition) is 1. The molecule has 5 nitrogen and oxygen atoms in total. The van der Waals surface area contributed by atoms with Gasteiger partial charge in [-0.1, -0.05) is 17.7 Å². The molecule has 0 aromatic heterocycles. The number of nitrogens with one attached hydrogen (secondary N) is 1. The Hall–Kier alpha value is -2.71. The van der Waals surface area contributed by atoms with Crippen molar-refractivity contribution < 1.29 is 14.3 Å². The third-order valence-corrected chi connectivity index (χ3v) is 3.34. The first kappa shape index (κ1) is 16.7. The highest BCUT2D eigenvalue weighted by molar-refractivity contribution is 6.32. The minimum Gasteiger partial charge on any atom is -0.495 e. The van der Waals surface area contributed by atoms with Crippen molar-refractivity contribution in [2.75, 3.05) is 19.0 Å². The van der Waals surface area contributed by atoms with Gasteiger partial charge in [-0.25, -0.2) is 0 Å². The molecular formula is C17H15ClN2O3. The number of rotatable bonds is 5. The van der Waals surface area contributed by atoms with Gasteiger partial charge in [0.1, 0.15) is 11.5 Å². The van der Waals surface area contributed by atoms with Gasteiger partial charge in [-0.3, -0.25) is 4.79 Å². The van der Waals surface area contributed by atoms with Crippen molar-refractivity contribution in [3.63, 3.8) is 0 Å². The molecular weight excluding hydrogens is 316 g/mol. The van der Waals surface area contributed by atoms with Crippen LogP contribution in [0, 0.1) is 18.3 Å². The monoisotopic (exact) mass is 330 g/mol. The third-order valence-electron chi connectivity index (χ3n) is 3.05. The molecule has 2 aromatic rings. The Bertz CT molecular complexity index is 769. The van der Waals surface area contributed by atoms with Gasteiger partial charge in [-0.15, -0.1) is 0 Å². The summed E-state index contributed by atoms with van der Waals surface area (Å²) >= 11 is 5.99. The van der Waals surface area contributed by atoms with E-state index in [0.717, 1.165) is 5.56 Å². The number of carbonyl (C=O) groups is 1. The fourth-order valence-electron chi connectivity index (χ4n) is 1.94. The summed E-state index contributed by atoms with van der Waals surface area (Å²) in [6.07, 6.45) is 0. The second kappa shape index (κ2) is 7.52. The van der Waals surface area contributed by atoms with E-state index >= 15 is 0 Å². The minimum atomic E-state index is -0.339. The van der Waals surface area contributed by atoms with E-state index in [9.17, 15) is 4.79 Å². The van der Waals surface area contributed by atoms with Crippen LogP contribution in [-0.4, -0.2) is 19.6 Å². The highest BCUT2D eigenvalue weighted by atomic mass is 35.5. The molecule has 0 aliphatic rings. The molecule has 2 rings (SSSR count). The number of nitriles is 1. The number of halogens is 1. The van der Waals surface area contributed by atoms with Crippen LogP contribution in [0.25, 0.3) is 0 Å². The Labute approximate surface area is 139 Å². The Morgan fingerprint density at radius 1 is 1.26 bits per heavy atom. The second-order valence-corrected chi connectivity index (χ2v) is 5.20. The third kappa shape index (κ3) is 4.38. The molecule has 0 unspecified atom stereocenters. The summed E-state index contributed by atoms with van der Waals surface area (Å²) < 4.78 is 10.6. The molecule has 0 aliphatic heterocycles. The second-order valence-electron chi connectivity index (χ2n) is 4.80. The van der Waals surface area contributed by atoms with Gasteiger partial charge in [0.25, 0.3) is 5.91 Å². The van der Waals surface area contributed by atoms with E-state index in [2.05, 4.69) is 5.32 Å². The molecule has 118 valence electrons. The lowest BCUT2D eigenvalue weighted by atomic mass is 10.2. The number of benzene rings is 2. The van der Waals surface area contributed by atoms with Crippen LogP contribution in [0.5, 0.6) is 11.5 Å². The SMILES string of the molecule is COc1ccc(C)cc1NC(=O)COc1ccc(C#N)cc1Cl. The number of carbonyl (C=O) groups excluding carboxylic acids is 1. The van der Waals surface area contributed by atoms with Gasteiger partial charge in [-0.2, -0.15) is 5.26 Å². The van der Waals surface area contributed by atoms with Crippen molar-refractivity contribution in [1.29, 1.82) is 5.26 Å². The summed E-state index contributed by atoms with van der Waals surface area (Å²) in [4.78, 5) is 12.0. The lowest BCUT2D eigenvalue weighted by Gasteiger charge is -2.12. The fraction of sp³-hybridized carbons (Fsp3) is 0.176.